The number of thiophene rings is 1. The number of nitrogens with two attached hydrogens (primary N) is 1. The molecule has 0 aliphatic rings. The summed E-state index contributed by atoms with van der Waals surface area (Å²) in [4.78, 5) is 23.5. The number of carbonyl (C=O) groups excluding carboxylic acids is 1. The molecule has 0 saturated carbocycles. The number of hydrogen-bond acceptors (Lipinski definition) is 5. The third-order valence-electron chi connectivity index (χ3n) is 3.66. The lowest BCUT2D eigenvalue weighted by Gasteiger charge is -2.29. The highest BCUT2D eigenvalue weighted by Gasteiger charge is 2.27. The molecule has 3 aromatic rings. The minimum Gasteiger partial charge on any atom is -0.368 e. The van der Waals surface area contributed by atoms with E-state index >= 15 is 0 Å². The Morgan fingerprint density at radius 3 is 2.08 bits per heavy atom. The van der Waals surface area contributed by atoms with Gasteiger partial charge < -0.3 is 5.73 Å². The molecule has 0 fully saturated rings. The Kier molecular flexibility index (Phi) is 5.30. The number of aromatic nitrogens is 2. The first-order valence-electron chi connectivity index (χ1n) is 7.58. The van der Waals surface area contributed by atoms with Crippen molar-refractivity contribution in [3.8, 4) is 0 Å². The Morgan fingerprint density at radius 1 is 1.04 bits per heavy atom. The zero-order chi connectivity index (χ0) is 16.8. The predicted octanol–water partition coefficient (Wildman–Crippen LogP) is 2.77. The van der Waals surface area contributed by atoms with Gasteiger partial charge in [-0.2, -0.15) is 0 Å². The van der Waals surface area contributed by atoms with Crippen LogP contribution in [0.25, 0.3) is 0 Å². The van der Waals surface area contributed by atoms with Crippen LogP contribution in [-0.4, -0.2) is 20.8 Å². The second-order valence-corrected chi connectivity index (χ2v) is 6.43. The topological polar surface area (TPSA) is 72.1 Å². The summed E-state index contributed by atoms with van der Waals surface area (Å²) in [5, 5.41) is 1.96. The second kappa shape index (κ2) is 7.81. The van der Waals surface area contributed by atoms with Crippen molar-refractivity contribution in [1.29, 1.82) is 0 Å². The number of nitrogens with zero attached hydrogens (tertiary/aromatic N) is 3. The van der Waals surface area contributed by atoms with Crippen molar-refractivity contribution < 1.29 is 4.79 Å². The van der Waals surface area contributed by atoms with Crippen molar-refractivity contribution >= 4 is 17.2 Å². The SMILES string of the molecule is NC(=O)C(c1cccs1)N(Cc1cccnc1)Cc1cccnc1. The van der Waals surface area contributed by atoms with Crippen molar-refractivity contribution in [3.05, 3.63) is 82.6 Å². The first kappa shape index (κ1) is 16.3. The Hall–Kier alpha value is -2.57. The van der Waals surface area contributed by atoms with Crippen molar-refractivity contribution in [1.82, 2.24) is 14.9 Å². The summed E-state index contributed by atoms with van der Waals surface area (Å²) in [5.41, 5.74) is 7.79. The Morgan fingerprint density at radius 2 is 1.67 bits per heavy atom. The maximum atomic E-state index is 12.2. The summed E-state index contributed by atoms with van der Waals surface area (Å²) < 4.78 is 0. The molecule has 1 amide bonds. The maximum Gasteiger partial charge on any atom is 0.240 e. The van der Waals surface area contributed by atoms with E-state index in [0.29, 0.717) is 13.1 Å². The molecule has 3 rings (SSSR count). The van der Waals surface area contributed by atoms with E-state index in [9.17, 15) is 4.79 Å². The molecular weight excluding hydrogens is 320 g/mol. The highest BCUT2D eigenvalue weighted by Crippen LogP contribution is 2.28. The van der Waals surface area contributed by atoms with Gasteiger partial charge in [-0.05, 0) is 34.7 Å². The average Bonchev–Trinajstić information content (AvgIpc) is 3.10. The highest BCUT2D eigenvalue weighted by molar-refractivity contribution is 7.10. The van der Waals surface area contributed by atoms with Crippen molar-refractivity contribution in [3.63, 3.8) is 0 Å². The molecule has 0 aliphatic heterocycles. The Balaban J connectivity index is 1.92. The maximum absolute atomic E-state index is 12.2. The molecule has 3 heterocycles. The summed E-state index contributed by atoms with van der Waals surface area (Å²) in [6, 6.07) is 11.2. The van der Waals surface area contributed by atoms with Gasteiger partial charge in [-0.25, -0.2) is 0 Å². The molecule has 1 unspecified atom stereocenters. The van der Waals surface area contributed by atoms with Crippen molar-refractivity contribution in [2.24, 2.45) is 5.73 Å². The highest BCUT2D eigenvalue weighted by atomic mass is 32.1. The van der Waals surface area contributed by atoms with Crippen LogP contribution in [0.1, 0.15) is 22.0 Å². The zero-order valence-corrected chi connectivity index (χ0v) is 13.9. The molecule has 0 spiro atoms. The summed E-state index contributed by atoms with van der Waals surface area (Å²) >= 11 is 1.54. The smallest absolute Gasteiger partial charge is 0.240 e. The van der Waals surface area contributed by atoms with Crippen LogP contribution in [0.4, 0.5) is 0 Å². The lowest BCUT2D eigenvalue weighted by Crippen LogP contribution is -2.36. The minimum absolute atomic E-state index is 0.356. The molecule has 3 aromatic heterocycles. The van der Waals surface area contributed by atoms with E-state index in [1.165, 1.54) is 11.3 Å². The van der Waals surface area contributed by atoms with Gasteiger partial charge in [-0.15, -0.1) is 11.3 Å². The fraction of sp³-hybridized carbons (Fsp3) is 0.167. The zero-order valence-electron chi connectivity index (χ0n) is 13.1. The number of amides is 1. The Labute approximate surface area is 144 Å². The monoisotopic (exact) mass is 338 g/mol. The van der Waals surface area contributed by atoms with Crippen molar-refractivity contribution in [2.45, 2.75) is 19.1 Å². The van der Waals surface area contributed by atoms with Crippen LogP contribution in [0.3, 0.4) is 0 Å². The number of primary amides is 1. The van der Waals surface area contributed by atoms with Crippen LogP contribution in [0, 0.1) is 0 Å². The van der Waals surface area contributed by atoms with E-state index in [2.05, 4.69) is 14.9 Å². The second-order valence-electron chi connectivity index (χ2n) is 5.45. The number of carbonyl (C=O) groups is 1. The number of rotatable bonds is 7. The molecule has 0 radical (unpaired) electrons. The van der Waals surface area contributed by atoms with Gasteiger partial charge in [-0.3, -0.25) is 19.7 Å². The van der Waals surface area contributed by atoms with E-state index in [1.807, 2.05) is 54.2 Å². The average molecular weight is 338 g/mol. The van der Waals surface area contributed by atoms with E-state index in [0.717, 1.165) is 16.0 Å². The molecule has 122 valence electrons. The van der Waals surface area contributed by atoms with Gasteiger partial charge in [0.05, 0.1) is 0 Å². The summed E-state index contributed by atoms with van der Waals surface area (Å²) in [6.45, 7) is 1.16. The molecule has 6 heteroatoms. The molecule has 0 aliphatic carbocycles. The van der Waals surface area contributed by atoms with Gasteiger partial charge in [0, 0.05) is 42.8 Å². The summed E-state index contributed by atoms with van der Waals surface area (Å²) in [6.07, 6.45) is 7.09. The molecule has 5 nitrogen and oxygen atoms in total. The molecule has 0 aromatic carbocycles. The molecular formula is C18H18N4OS. The molecule has 24 heavy (non-hydrogen) atoms. The van der Waals surface area contributed by atoms with E-state index in [1.54, 1.807) is 12.4 Å². The van der Waals surface area contributed by atoms with Crippen LogP contribution in [0.15, 0.2) is 66.6 Å². The number of hydrogen-bond donors (Lipinski definition) is 1. The van der Waals surface area contributed by atoms with Gasteiger partial charge in [0.2, 0.25) is 5.91 Å². The lowest BCUT2D eigenvalue weighted by atomic mass is 10.1. The normalized spacial score (nSPS) is 12.2. The Bertz CT molecular complexity index is 721. The summed E-state index contributed by atoms with van der Waals surface area (Å²) in [7, 11) is 0. The van der Waals surface area contributed by atoms with E-state index < -0.39 is 6.04 Å². The minimum atomic E-state index is -0.481. The van der Waals surface area contributed by atoms with Crippen LogP contribution in [0.2, 0.25) is 0 Å². The fourth-order valence-electron chi connectivity index (χ4n) is 2.64. The standard InChI is InChI=1S/C18H18N4OS/c19-18(23)17(16-6-3-9-24-16)22(12-14-4-1-7-20-10-14)13-15-5-2-8-21-11-15/h1-11,17H,12-13H2,(H2,19,23). The predicted molar refractivity (Wildman–Crippen MR) is 94.0 cm³/mol. The fourth-order valence-corrected chi connectivity index (χ4v) is 3.50. The molecule has 0 bridgehead atoms. The van der Waals surface area contributed by atoms with Gasteiger partial charge in [0.1, 0.15) is 6.04 Å². The van der Waals surface area contributed by atoms with Crippen molar-refractivity contribution in [2.75, 3.05) is 0 Å². The summed E-state index contributed by atoms with van der Waals surface area (Å²) in [5.74, 6) is -0.356. The lowest BCUT2D eigenvalue weighted by molar-refractivity contribution is -0.123. The first-order chi connectivity index (χ1) is 11.7. The third kappa shape index (κ3) is 4.04. The largest absolute Gasteiger partial charge is 0.368 e. The first-order valence-corrected chi connectivity index (χ1v) is 8.46. The van der Waals surface area contributed by atoms with E-state index in [4.69, 9.17) is 5.73 Å². The molecule has 0 saturated heterocycles. The van der Waals surface area contributed by atoms with Gasteiger partial charge >= 0.3 is 0 Å². The van der Waals surface area contributed by atoms with Gasteiger partial charge in [0.15, 0.2) is 0 Å². The molecule has 2 N–H and O–H groups in total. The van der Waals surface area contributed by atoms with Crippen LogP contribution < -0.4 is 5.73 Å². The van der Waals surface area contributed by atoms with Gasteiger partial charge in [0.25, 0.3) is 0 Å². The quantitative estimate of drug-likeness (QED) is 0.719. The molecule has 1 atom stereocenters. The number of pyridine rings is 2. The third-order valence-corrected chi connectivity index (χ3v) is 4.59. The van der Waals surface area contributed by atoms with Crippen LogP contribution in [-0.2, 0) is 17.9 Å². The van der Waals surface area contributed by atoms with Crippen LogP contribution >= 0.6 is 11.3 Å². The van der Waals surface area contributed by atoms with Gasteiger partial charge in [-0.1, -0.05) is 18.2 Å². The van der Waals surface area contributed by atoms with E-state index in [-0.39, 0.29) is 5.91 Å². The van der Waals surface area contributed by atoms with Crippen LogP contribution in [0.5, 0.6) is 0 Å².